The number of carbonyl (C=O) groups is 1. The Bertz CT molecular complexity index is 1030. The SMILES string of the molecule is C=C/C=C\C(=[NH+]C)SCCNC(=O)C1CCN(c2ccc(/C=C/c3cccc[n+]3C)cc2)CC1. The Balaban J connectivity index is 1.42. The smallest absolute Gasteiger partial charge is 0.232 e. The fourth-order valence-corrected chi connectivity index (χ4v) is 4.67. The Kier molecular flexibility index (Phi) is 10.2. The summed E-state index contributed by atoms with van der Waals surface area (Å²) in [6.07, 6.45) is 13.7. The number of amides is 1. The number of piperidine rings is 1. The summed E-state index contributed by atoms with van der Waals surface area (Å²) in [5.41, 5.74) is 3.56. The number of carbonyl (C=O) groups excluding carboxylic acids is 1. The van der Waals surface area contributed by atoms with Gasteiger partial charge >= 0.3 is 0 Å². The lowest BCUT2D eigenvalue weighted by atomic mass is 9.95. The second-order valence-corrected chi connectivity index (χ2v) is 9.41. The molecule has 1 fully saturated rings. The largest absolute Gasteiger partial charge is 0.371 e. The molecule has 1 saturated heterocycles. The second-order valence-electron chi connectivity index (χ2n) is 8.27. The molecule has 1 aliphatic rings. The fraction of sp³-hybridized carbons (Fsp3) is 0.321. The first-order valence-electron chi connectivity index (χ1n) is 11.8. The maximum absolute atomic E-state index is 12.6. The normalized spacial score (nSPS) is 15.2. The van der Waals surface area contributed by atoms with Gasteiger partial charge in [0, 0.05) is 61.3 Å². The van der Waals surface area contributed by atoms with Gasteiger partial charge in [-0.1, -0.05) is 42.6 Å². The summed E-state index contributed by atoms with van der Waals surface area (Å²) in [5.74, 6) is 1.12. The molecule has 1 aromatic heterocycles. The van der Waals surface area contributed by atoms with Crippen molar-refractivity contribution in [2.45, 2.75) is 12.8 Å². The summed E-state index contributed by atoms with van der Waals surface area (Å²) in [6, 6.07) is 14.9. The Morgan fingerprint density at radius 1 is 1.21 bits per heavy atom. The van der Waals surface area contributed by atoms with Crippen molar-refractivity contribution in [3.05, 3.63) is 84.7 Å². The molecule has 178 valence electrons. The van der Waals surface area contributed by atoms with Crippen LogP contribution in [-0.4, -0.2) is 43.4 Å². The highest BCUT2D eigenvalue weighted by Gasteiger charge is 2.24. The fourth-order valence-electron chi connectivity index (χ4n) is 3.93. The summed E-state index contributed by atoms with van der Waals surface area (Å²) in [5, 5.41) is 4.18. The predicted molar refractivity (Wildman–Crippen MR) is 145 cm³/mol. The second kappa shape index (κ2) is 13.6. The van der Waals surface area contributed by atoms with Gasteiger partial charge in [-0.15, -0.1) is 0 Å². The molecule has 1 aromatic carbocycles. The van der Waals surface area contributed by atoms with E-state index in [1.54, 1.807) is 17.8 Å². The van der Waals surface area contributed by atoms with E-state index in [0.29, 0.717) is 6.54 Å². The van der Waals surface area contributed by atoms with Crippen molar-refractivity contribution in [1.29, 1.82) is 0 Å². The molecule has 0 spiro atoms. The number of aryl methyl sites for hydroxylation is 1. The van der Waals surface area contributed by atoms with Gasteiger partial charge in [0.2, 0.25) is 16.6 Å². The van der Waals surface area contributed by atoms with Crippen LogP contribution in [-0.2, 0) is 11.8 Å². The molecular formula is C28H36N4OS+2. The Morgan fingerprint density at radius 3 is 2.65 bits per heavy atom. The van der Waals surface area contributed by atoms with Crippen LogP contribution in [0.5, 0.6) is 0 Å². The number of nitrogens with one attached hydrogen (secondary N) is 2. The maximum Gasteiger partial charge on any atom is 0.232 e. The predicted octanol–water partition coefficient (Wildman–Crippen LogP) is 2.60. The highest BCUT2D eigenvalue weighted by Crippen LogP contribution is 2.24. The van der Waals surface area contributed by atoms with Crippen molar-refractivity contribution in [3.63, 3.8) is 0 Å². The maximum atomic E-state index is 12.6. The average molecular weight is 477 g/mol. The molecule has 0 saturated carbocycles. The van der Waals surface area contributed by atoms with Crippen LogP contribution in [0, 0.1) is 5.92 Å². The number of aromatic nitrogens is 1. The van der Waals surface area contributed by atoms with Crippen molar-refractivity contribution < 1.29 is 14.4 Å². The third-order valence-corrected chi connectivity index (χ3v) is 7.01. The number of nitrogens with zero attached hydrogens (tertiary/aromatic N) is 2. The Morgan fingerprint density at radius 2 is 1.97 bits per heavy atom. The molecule has 0 aliphatic carbocycles. The van der Waals surface area contributed by atoms with E-state index in [1.165, 1.54) is 11.3 Å². The number of anilines is 1. The first-order chi connectivity index (χ1) is 16.6. The van der Waals surface area contributed by atoms with E-state index in [9.17, 15) is 4.79 Å². The van der Waals surface area contributed by atoms with Crippen LogP contribution in [0.2, 0.25) is 0 Å². The third kappa shape index (κ3) is 7.73. The molecule has 2 heterocycles. The van der Waals surface area contributed by atoms with Gasteiger partial charge in [0.15, 0.2) is 6.20 Å². The summed E-state index contributed by atoms with van der Waals surface area (Å²) in [4.78, 5) is 18.1. The number of hydrogen-bond donors (Lipinski definition) is 2. The lowest BCUT2D eigenvalue weighted by Crippen LogP contribution is -2.66. The van der Waals surface area contributed by atoms with Gasteiger partial charge in [-0.05, 0) is 42.7 Å². The van der Waals surface area contributed by atoms with Gasteiger partial charge in [-0.2, -0.15) is 0 Å². The summed E-state index contributed by atoms with van der Waals surface area (Å²) in [7, 11) is 3.95. The number of benzene rings is 1. The third-order valence-electron chi connectivity index (χ3n) is 5.95. The highest BCUT2D eigenvalue weighted by atomic mass is 32.2. The van der Waals surface area contributed by atoms with Crippen LogP contribution in [0.4, 0.5) is 5.69 Å². The lowest BCUT2D eigenvalue weighted by molar-refractivity contribution is -0.673. The van der Waals surface area contributed by atoms with E-state index in [0.717, 1.165) is 42.4 Å². The standard InChI is InChI=1S/C28H34N4OS/c1-4-5-9-27(29-2)34-22-18-30-28(33)24-16-20-32(21-17-24)26-14-11-23(12-15-26)10-13-25-8-6-7-19-31(25)3/h4-15,19,24H,1,16-18,20-22H2,2-3H3/p+2/b9-5-,29-27?. The zero-order valence-electron chi connectivity index (χ0n) is 20.2. The van der Waals surface area contributed by atoms with Crippen molar-refractivity contribution >= 4 is 40.6 Å². The molecule has 0 atom stereocenters. The van der Waals surface area contributed by atoms with E-state index in [1.807, 2.05) is 44.6 Å². The van der Waals surface area contributed by atoms with Gasteiger partial charge in [-0.3, -0.25) is 4.79 Å². The van der Waals surface area contributed by atoms with Gasteiger partial charge in [0.1, 0.15) is 14.1 Å². The van der Waals surface area contributed by atoms with Gasteiger partial charge < -0.3 is 10.2 Å². The van der Waals surface area contributed by atoms with Crippen LogP contribution >= 0.6 is 11.8 Å². The number of rotatable bonds is 9. The molecule has 6 heteroatoms. The van der Waals surface area contributed by atoms with Gasteiger partial charge in [-0.25, -0.2) is 9.56 Å². The van der Waals surface area contributed by atoms with Crippen LogP contribution in [0.25, 0.3) is 12.2 Å². The van der Waals surface area contributed by atoms with E-state index in [2.05, 4.69) is 68.8 Å². The number of pyridine rings is 1. The van der Waals surface area contributed by atoms with Crippen LogP contribution in [0.1, 0.15) is 24.1 Å². The molecule has 1 amide bonds. The molecule has 1 aliphatic heterocycles. The topological polar surface area (TPSA) is 50.2 Å². The van der Waals surface area contributed by atoms with Crippen LogP contribution in [0.3, 0.4) is 0 Å². The summed E-state index contributed by atoms with van der Waals surface area (Å²) < 4.78 is 2.10. The molecule has 2 N–H and O–H groups in total. The van der Waals surface area contributed by atoms with Crippen LogP contribution < -0.4 is 19.8 Å². The van der Waals surface area contributed by atoms with Crippen molar-refractivity contribution in [2.24, 2.45) is 13.0 Å². The molecule has 34 heavy (non-hydrogen) atoms. The first kappa shape index (κ1) is 25.5. The van der Waals surface area contributed by atoms with E-state index in [4.69, 9.17) is 0 Å². The molecular weight excluding hydrogens is 440 g/mol. The van der Waals surface area contributed by atoms with Gasteiger partial charge in [0.05, 0.1) is 0 Å². The quantitative estimate of drug-likeness (QED) is 0.192. The van der Waals surface area contributed by atoms with E-state index in [-0.39, 0.29) is 11.8 Å². The van der Waals surface area contributed by atoms with Gasteiger partial charge in [0.25, 0.3) is 0 Å². The zero-order valence-corrected chi connectivity index (χ0v) is 21.1. The Labute approximate surface area is 208 Å². The molecule has 2 aromatic rings. The molecule has 0 bridgehead atoms. The lowest BCUT2D eigenvalue weighted by Gasteiger charge is -2.33. The average Bonchev–Trinajstić information content (AvgIpc) is 2.88. The van der Waals surface area contributed by atoms with Crippen molar-refractivity contribution in [3.8, 4) is 0 Å². The minimum absolute atomic E-state index is 0.100. The first-order valence-corrected chi connectivity index (χ1v) is 12.8. The summed E-state index contributed by atoms with van der Waals surface area (Å²) in [6.45, 7) is 6.18. The van der Waals surface area contributed by atoms with Crippen LogP contribution in [0.15, 0.2) is 73.5 Å². The highest BCUT2D eigenvalue weighted by molar-refractivity contribution is 8.14. The van der Waals surface area contributed by atoms with E-state index >= 15 is 0 Å². The molecule has 0 radical (unpaired) electrons. The van der Waals surface area contributed by atoms with Crippen molar-refractivity contribution in [2.75, 3.05) is 37.3 Å². The van der Waals surface area contributed by atoms with Crippen molar-refractivity contribution in [1.82, 2.24) is 5.32 Å². The Hall–Kier alpha value is -3.12. The minimum Gasteiger partial charge on any atom is -0.371 e. The number of hydrogen-bond acceptors (Lipinski definition) is 3. The number of allylic oxidation sites excluding steroid dienone is 2. The monoisotopic (exact) mass is 476 g/mol. The molecule has 3 rings (SSSR count). The van der Waals surface area contributed by atoms with E-state index < -0.39 is 0 Å². The minimum atomic E-state index is 0.100. The zero-order chi connectivity index (χ0) is 24.2. The summed E-state index contributed by atoms with van der Waals surface area (Å²) >= 11 is 1.69. The molecule has 0 unspecified atom stereocenters. The number of thioether (sulfide) groups is 1. The molecule has 5 nitrogen and oxygen atoms in total.